The standard InChI is InChI=1S/C17H25NO/c1-13(2)15-9-10-17(3,11-15)16(19)18-12-14-7-5-4-6-8-14/h4-8,13,15H,9-12H2,1-3H3,(H,18,19). The third kappa shape index (κ3) is 3.37. The Morgan fingerprint density at radius 1 is 1.37 bits per heavy atom. The molecule has 2 heteroatoms. The molecule has 1 aliphatic carbocycles. The highest BCUT2D eigenvalue weighted by atomic mass is 16.2. The monoisotopic (exact) mass is 259 g/mol. The Labute approximate surface area is 116 Å². The maximum Gasteiger partial charge on any atom is 0.226 e. The van der Waals surface area contributed by atoms with Crippen LogP contribution in [0.15, 0.2) is 30.3 Å². The van der Waals surface area contributed by atoms with Crippen molar-refractivity contribution in [3.63, 3.8) is 0 Å². The number of hydrogen-bond donors (Lipinski definition) is 1. The molecule has 1 aliphatic rings. The average Bonchev–Trinajstić information content (AvgIpc) is 2.81. The zero-order valence-electron chi connectivity index (χ0n) is 12.3. The van der Waals surface area contributed by atoms with E-state index in [4.69, 9.17) is 0 Å². The van der Waals surface area contributed by atoms with Crippen LogP contribution in [-0.2, 0) is 11.3 Å². The number of amides is 1. The highest BCUT2D eigenvalue weighted by Crippen LogP contribution is 2.44. The Morgan fingerprint density at radius 3 is 2.63 bits per heavy atom. The summed E-state index contributed by atoms with van der Waals surface area (Å²) >= 11 is 0. The molecule has 0 heterocycles. The summed E-state index contributed by atoms with van der Waals surface area (Å²) < 4.78 is 0. The van der Waals surface area contributed by atoms with Crippen LogP contribution >= 0.6 is 0 Å². The normalized spacial score (nSPS) is 26.6. The molecule has 1 amide bonds. The van der Waals surface area contributed by atoms with E-state index in [1.54, 1.807) is 0 Å². The van der Waals surface area contributed by atoms with Gasteiger partial charge in [0.05, 0.1) is 0 Å². The molecule has 0 aromatic heterocycles. The quantitative estimate of drug-likeness (QED) is 0.876. The molecule has 0 saturated heterocycles. The smallest absolute Gasteiger partial charge is 0.226 e. The van der Waals surface area contributed by atoms with Gasteiger partial charge in [-0.2, -0.15) is 0 Å². The molecular weight excluding hydrogens is 234 g/mol. The van der Waals surface area contributed by atoms with Gasteiger partial charge in [-0.25, -0.2) is 0 Å². The highest BCUT2D eigenvalue weighted by molar-refractivity contribution is 5.82. The summed E-state index contributed by atoms with van der Waals surface area (Å²) in [5.41, 5.74) is 1.00. The molecular formula is C17H25NO. The molecule has 0 aliphatic heterocycles. The average molecular weight is 259 g/mol. The van der Waals surface area contributed by atoms with Gasteiger partial charge >= 0.3 is 0 Å². The molecule has 1 aromatic carbocycles. The number of carbonyl (C=O) groups is 1. The van der Waals surface area contributed by atoms with E-state index in [1.165, 1.54) is 6.42 Å². The lowest BCUT2D eigenvalue weighted by molar-refractivity contribution is -0.130. The van der Waals surface area contributed by atoms with E-state index in [0.717, 1.165) is 18.4 Å². The first-order valence-corrected chi connectivity index (χ1v) is 7.33. The van der Waals surface area contributed by atoms with Crippen LogP contribution in [0.5, 0.6) is 0 Å². The van der Waals surface area contributed by atoms with E-state index in [9.17, 15) is 4.79 Å². The van der Waals surface area contributed by atoms with Gasteiger partial charge in [-0.1, -0.05) is 51.1 Å². The summed E-state index contributed by atoms with van der Waals surface area (Å²) in [6.45, 7) is 7.29. The predicted molar refractivity (Wildman–Crippen MR) is 78.6 cm³/mol. The number of rotatable bonds is 4. The lowest BCUT2D eigenvalue weighted by Gasteiger charge is -2.24. The van der Waals surface area contributed by atoms with Crippen LogP contribution in [0.4, 0.5) is 0 Å². The fourth-order valence-electron chi connectivity index (χ4n) is 3.05. The topological polar surface area (TPSA) is 29.1 Å². The summed E-state index contributed by atoms with van der Waals surface area (Å²) in [4.78, 5) is 12.4. The van der Waals surface area contributed by atoms with Crippen LogP contribution in [-0.4, -0.2) is 5.91 Å². The van der Waals surface area contributed by atoms with Crippen molar-refractivity contribution in [2.45, 2.75) is 46.6 Å². The van der Waals surface area contributed by atoms with E-state index < -0.39 is 0 Å². The Bertz CT molecular complexity index is 426. The fraction of sp³-hybridized carbons (Fsp3) is 0.588. The van der Waals surface area contributed by atoms with Gasteiger partial charge in [0.2, 0.25) is 5.91 Å². The fourth-order valence-corrected chi connectivity index (χ4v) is 3.05. The molecule has 0 bridgehead atoms. The van der Waals surface area contributed by atoms with Crippen LogP contribution in [0, 0.1) is 17.3 Å². The number of benzene rings is 1. The molecule has 2 nitrogen and oxygen atoms in total. The van der Waals surface area contributed by atoms with Gasteiger partial charge in [-0.05, 0) is 36.7 Å². The molecule has 19 heavy (non-hydrogen) atoms. The van der Waals surface area contributed by atoms with Crippen molar-refractivity contribution in [1.29, 1.82) is 0 Å². The lowest BCUT2D eigenvalue weighted by Crippen LogP contribution is -2.37. The van der Waals surface area contributed by atoms with Gasteiger partial charge in [0.1, 0.15) is 0 Å². The molecule has 1 fully saturated rings. The minimum atomic E-state index is -0.163. The largest absolute Gasteiger partial charge is 0.352 e. The molecule has 104 valence electrons. The van der Waals surface area contributed by atoms with Crippen LogP contribution in [0.2, 0.25) is 0 Å². The van der Waals surface area contributed by atoms with Crippen molar-refractivity contribution in [1.82, 2.24) is 5.32 Å². The van der Waals surface area contributed by atoms with E-state index in [0.29, 0.717) is 18.4 Å². The minimum Gasteiger partial charge on any atom is -0.352 e. The van der Waals surface area contributed by atoms with Gasteiger partial charge in [0, 0.05) is 12.0 Å². The van der Waals surface area contributed by atoms with Crippen molar-refractivity contribution in [2.24, 2.45) is 17.3 Å². The van der Waals surface area contributed by atoms with E-state index >= 15 is 0 Å². The van der Waals surface area contributed by atoms with Crippen LogP contribution in [0.3, 0.4) is 0 Å². The summed E-state index contributed by atoms with van der Waals surface area (Å²) in [6.07, 6.45) is 3.24. The number of nitrogens with one attached hydrogen (secondary N) is 1. The van der Waals surface area contributed by atoms with Gasteiger partial charge in [0.15, 0.2) is 0 Å². The maximum atomic E-state index is 12.4. The molecule has 2 rings (SSSR count). The van der Waals surface area contributed by atoms with Gasteiger partial charge in [-0.15, -0.1) is 0 Å². The zero-order valence-corrected chi connectivity index (χ0v) is 12.3. The molecule has 2 atom stereocenters. The lowest BCUT2D eigenvalue weighted by atomic mass is 9.84. The molecule has 1 N–H and O–H groups in total. The summed E-state index contributed by atoms with van der Waals surface area (Å²) in [6, 6.07) is 10.1. The first-order chi connectivity index (χ1) is 9.01. The van der Waals surface area contributed by atoms with Crippen molar-refractivity contribution in [2.75, 3.05) is 0 Å². The van der Waals surface area contributed by atoms with Crippen molar-refractivity contribution >= 4 is 5.91 Å². The minimum absolute atomic E-state index is 0.163. The zero-order chi connectivity index (χ0) is 13.9. The van der Waals surface area contributed by atoms with E-state index in [1.807, 2.05) is 30.3 Å². The maximum absolute atomic E-state index is 12.4. The first-order valence-electron chi connectivity index (χ1n) is 7.33. The Kier molecular flexibility index (Phi) is 4.28. The SMILES string of the molecule is CC(C)C1CCC(C)(C(=O)NCc2ccccc2)C1. The first kappa shape index (κ1) is 14.1. The molecule has 1 saturated carbocycles. The third-order valence-electron chi connectivity index (χ3n) is 4.57. The van der Waals surface area contributed by atoms with Crippen molar-refractivity contribution < 1.29 is 4.79 Å². The van der Waals surface area contributed by atoms with Crippen LogP contribution < -0.4 is 5.32 Å². The molecule has 1 aromatic rings. The second kappa shape index (κ2) is 5.77. The van der Waals surface area contributed by atoms with E-state index in [-0.39, 0.29) is 11.3 Å². The summed E-state index contributed by atoms with van der Waals surface area (Å²) in [7, 11) is 0. The second-order valence-corrected chi connectivity index (χ2v) is 6.48. The van der Waals surface area contributed by atoms with E-state index in [2.05, 4.69) is 26.1 Å². The molecule has 2 unspecified atom stereocenters. The second-order valence-electron chi connectivity index (χ2n) is 6.48. The Hall–Kier alpha value is -1.31. The summed E-state index contributed by atoms with van der Waals surface area (Å²) in [5, 5.41) is 3.10. The van der Waals surface area contributed by atoms with Crippen LogP contribution in [0.1, 0.15) is 45.6 Å². The van der Waals surface area contributed by atoms with Gasteiger partial charge < -0.3 is 5.32 Å². The summed E-state index contributed by atoms with van der Waals surface area (Å²) in [5.74, 6) is 1.61. The van der Waals surface area contributed by atoms with Gasteiger partial charge in [0.25, 0.3) is 0 Å². The predicted octanol–water partition coefficient (Wildman–Crippen LogP) is 3.77. The highest BCUT2D eigenvalue weighted by Gasteiger charge is 2.41. The Balaban J connectivity index is 1.90. The van der Waals surface area contributed by atoms with Crippen molar-refractivity contribution in [3.8, 4) is 0 Å². The van der Waals surface area contributed by atoms with Crippen LogP contribution in [0.25, 0.3) is 0 Å². The molecule has 0 radical (unpaired) electrons. The third-order valence-corrected chi connectivity index (χ3v) is 4.57. The van der Waals surface area contributed by atoms with Gasteiger partial charge in [-0.3, -0.25) is 4.79 Å². The number of hydrogen-bond acceptors (Lipinski definition) is 1. The van der Waals surface area contributed by atoms with Crippen molar-refractivity contribution in [3.05, 3.63) is 35.9 Å². The number of carbonyl (C=O) groups excluding carboxylic acids is 1. The molecule has 0 spiro atoms. The Morgan fingerprint density at radius 2 is 2.05 bits per heavy atom.